The molecule has 0 atom stereocenters. The van der Waals surface area contributed by atoms with Crippen molar-refractivity contribution in [1.29, 1.82) is 0 Å². The second kappa shape index (κ2) is 8.60. The van der Waals surface area contributed by atoms with Crippen LogP contribution in [-0.2, 0) is 11.3 Å². The lowest BCUT2D eigenvalue weighted by Gasteiger charge is -2.27. The Kier molecular flexibility index (Phi) is 6.48. The number of likely N-dealkylation sites (N-methyl/N-ethyl adjacent to an activating group) is 1. The van der Waals surface area contributed by atoms with Gasteiger partial charge in [0.25, 0.3) is 0 Å². The number of guanidine groups is 1. The first-order valence-corrected chi connectivity index (χ1v) is 7.65. The lowest BCUT2D eigenvalue weighted by molar-refractivity contribution is 0.0674. The number of hydrogen-bond donors (Lipinski definition) is 1. The van der Waals surface area contributed by atoms with Gasteiger partial charge >= 0.3 is 0 Å². The highest BCUT2D eigenvalue weighted by molar-refractivity contribution is 5.78. The van der Waals surface area contributed by atoms with Gasteiger partial charge in [-0.15, -0.1) is 0 Å². The van der Waals surface area contributed by atoms with Crippen LogP contribution in [0.1, 0.15) is 5.56 Å². The zero-order chi connectivity index (χ0) is 15.8. The molecule has 0 unspecified atom stereocenters. The van der Waals surface area contributed by atoms with Crippen LogP contribution in [0.4, 0.5) is 0 Å². The summed E-state index contributed by atoms with van der Waals surface area (Å²) < 4.78 is 11.2. The molecule has 1 aromatic carbocycles. The summed E-state index contributed by atoms with van der Waals surface area (Å²) in [6.07, 6.45) is 0. The Hall–Kier alpha value is -1.79. The van der Waals surface area contributed by atoms with Crippen LogP contribution >= 0.6 is 0 Å². The molecule has 22 heavy (non-hydrogen) atoms. The van der Waals surface area contributed by atoms with E-state index in [9.17, 15) is 0 Å². The number of rotatable bonds is 6. The molecular weight excluding hydrogens is 280 g/mol. The Morgan fingerprint density at radius 1 is 1.32 bits per heavy atom. The number of morpholine rings is 1. The van der Waals surface area contributed by atoms with Crippen molar-refractivity contribution in [2.75, 3.05) is 53.6 Å². The fourth-order valence-corrected chi connectivity index (χ4v) is 2.17. The largest absolute Gasteiger partial charge is 0.492 e. The first-order chi connectivity index (χ1) is 10.7. The van der Waals surface area contributed by atoms with Crippen LogP contribution in [-0.4, -0.2) is 69.3 Å². The molecule has 1 aromatic rings. The number of hydrogen-bond acceptors (Lipinski definition) is 4. The van der Waals surface area contributed by atoms with Gasteiger partial charge in [0.1, 0.15) is 12.4 Å². The molecule has 122 valence electrons. The summed E-state index contributed by atoms with van der Waals surface area (Å²) >= 11 is 0. The minimum atomic E-state index is 0.529. The first-order valence-electron chi connectivity index (χ1n) is 7.65. The summed E-state index contributed by atoms with van der Waals surface area (Å²) in [4.78, 5) is 8.65. The van der Waals surface area contributed by atoms with Crippen LogP contribution in [0.5, 0.6) is 5.75 Å². The maximum absolute atomic E-state index is 6.06. The van der Waals surface area contributed by atoms with Gasteiger partial charge in [-0.05, 0) is 20.2 Å². The predicted octanol–water partition coefficient (Wildman–Crippen LogP) is 0.774. The van der Waals surface area contributed by atoms with E-state index in [-0.39, 0.29) is 0 Å². The lowest BCUT2D eigenvalue weighted by Crippen LogP contribution is -2.44. The highest BCUT2D eigenvalue weighted by atomic mass is 16.5. The fourth-order valence-electron chi connectivity index (χ4n) is 2.17. The summed E-state index contributed by atoms with van der Waals surface area (Å²) in [6.45, 7) is 5.09. The third-order valence-electron chi connectivity index (χ3n) is 3.52. The zero-order valence-corrected chi connectivity index (χ0v) is 13.5. The van der Waals surface area contributed by atoms with Crippen molar-refractivity contribution in [2.45, 2.75) is 6.54 Å². The van der Waals surface area contributed by atoms with Crippen LogP contribution in [0.25, 0.3) is 0 Å². The minimum Gasteiger partial charge on any atom is -0.492 e. The van der Waals surface area contributed by atoms with Crippen LogP contribution in [0, 0.1) is 0 Å². The molecule has 0 spiro atoms. The highest BCUT2D eigenvalue weighted by Gasteiger charge is 2.12. The molecule has 0 aromatic heterocycles. The Morgan fingerprint density at radius 2 is 2.05 bits per heavy atom. The number of ether oxygens (including phenoxy) is 2. The maximum atomic E-state index is 6.06. The van der Waals surface area contributed by atoms with Gasteiger partial charge in [-0.1, -0.05) is 18.2 Å². The van der Waals surface area contributed by atoms with Gasteiger partial charge < -0.3 is 25.0 Å². The number of para-hydroxylation sites is 1. The first kappa shape index (κ1) is 16.6. The SMILES string of the molecule is CN(C)CCOc1ccccc1CN=C(N)N1CCOCC1. The normalized spacial score (nSPS) is 16.1. The monoisotopic (exact) mass is 306 g/mol. The molecule has 6 heteroatoms. The molecule has 1 aliphatic rings. The molecule has 2 N–H and O–H groups in total. The smallest absolute Gasteiger partial charge is 0.191 e. The van der Waals surface area contributed by atoms with E-state index in [4.69, 9.17) is 15.2 Å². The molecule has 1 saturated heterocycles. The molecule has 0 amide bonds. The minimum absolute atomic E-state index is 0.529. The van der Waals surface area contributed by atoms with E-state index >= 15 is 0 Å². The number of nitrogens with zero attached hydrogens (tertiary/aromatic N) is 3. The van der Waals surface area contributed by atoms with Crippen molar-refractivity contribution in [2.24, 2.45) is 10.7 Å². The molecule has 2 rings (SSSR count). The van der Waals surface area contributed by atoms with E-state index in [0.29, 0.717) is 32.3 Å². The van der Waals surface area contributed by atoms with Crippen molar-refractivity contribution in [3.05, 3.63) is 29.8 Å². The average molecular weight is 306 g/mol. The number of nitrogens with two attached hydrogens (primary N) is 1. The number of aliphatic imine (C=N–C) groups is 1. The highest BCUT2D eigenvalue weighted by Crippen LogP contribution is 2.19. The Bertz CT molecular complexity index is 485. The Balaban J connectivity index is 1.93. The van der Waals surface area contributed by atoms with Gasteiger partial charge in [0.05, 0.1) is 19.8 Å². The average Bonchev–Trinajstić information content (AvgIpc) is 2.54. The summed E-state index contributed by atoms with van der Waals surface area (Å²) in [5.41, 5.74) is 7.11. The van der Waals surface area contributed by atoms with Crippen molar-refractivity contribution in [1.82, 2.24) is 9.80 Å². The van der Waals surface area contributed by atoms with Crippen LogP contribution in [0.3, 0.4) is 0 Å². The second-order valence-electron chi connectivity index (χ2n) is 5.53. The van der Waals surface area contributed by atoms with Crippen molar-refractivity contribution in [3.8, 4) is 5.75 Å². The van der Waals surface area contributed by atoms with Gasteiger partial charge in [0.2, 0.25) is 0 Å². The van der Waals surface area contributed by atoms with Crippen LogP contribution < -0.4 is 10.5 Å². The summed E-state index contributed by atoms with van der Waals surface area (Å²) in [7, 11) is 4.06. The molecule has 6 nitrogen and oxygen atoms in total. The van der Waals surface area contributed by atoms with Crippen LogP contribution in [0.2, 0.25) is 0 Å². The molecular formula is C16H26N4O2. The molecule has 0 aliphatic carbocycles. The molecule has 0 bridgehead atoms. The Labute approximate surface area is 132 Å². The zero-order valence-electron chi connectivity index (χ0n) is 13.5. The van der Waals surface area contributed by atoms with Gasteiger partial charge in [-0.2, -0.15) is 0 Å². The Morgan fingerprint density at radius 3 is 2.77 bits per heavy atom. The molecule has 1 heterocycles. The maximum Gasteiger partial charge on any atom is 0.191 e. The quantitative estimate of drug-likeness (QED) is 0.621. The van der Waals surface area contributed by atoms with E-state index in [1.54, 1.807) is 0 Å². The van der Waals surface area contributed by atoms with E-state index < -0.39 is 0 Å². The standard InChI is InChI=1S/C16H26N4O2/c1-19(2)7-12-22-15-6-4-3-5-14(15)13-18-16(17)20-8-10-21-11-9-20/h3-6H,7-13H2,1-2H3,(H2,17,18). The summed E-state index contributed by atoms with van der Waals surface area (Å²) in [6, 6.07) is 7.98. The molecule has 1 fully saturated rings. The molecule has 1 aliphatic heterocycles. The van der Waals surface area contributed by atoms with Crippen LogP contribution in [0.15, 0.2) is 29.3 Å². The van der Waals surface area contributed by atoms with Gasteiger partial charge in [0.15, 0.2) is 5.96 Å². The van der Waals surface area contributed by atoms with Gasteiger partial charge in [-0.25, -0.2) is 4.99 Å². The van der Waals surface area contributed by atoms with Crippen molar-refractivity contribution >= 4 is 5.96 Å². The predicted molar refractivity (Wildman–Crippen MR) is 88.2 cm³/mol. The third-order valence-corrected chi connectivity index (χ3v) is 3.52. The summed E-state index contributed by atoms with van der Waals surface area (Å²) in [5, 5.41) is 0. The van der Waals surface area contributed by atoms with E-state index in [0.717, 1.165) is 30.9 Å². The van der Waals surface area contributed by atoms with E-state index in [1.165, 1.54) is 0 Å². The lowest BCUT2D eigenvalue weighted by atomic mass is 10.2. The topological polar surface area (TPSA) is 63.3 Å². The van der Waals surface area contributed by atoms with Crippen molar-refractivity contribution < 1.29 is 9.47 Å². The molecule has 0 saturated carbocycles. The second-order valence-corrected chi connectivity index (χ2v) is 5.53. The van der Waals surface area contributed by atoms with Crippen molar-refractivity contribution in [3.63, 3.8) is 0 Å². The van der Waals surface area contributed by atoms with Gasteiger partial charge in [-0.3, -0.25) is 0 Å². The number of benzene rings is 1. The summed E-state index contributed by atoms with van der Waals surface area (Å²) in [5.74, 6) is 1.45. The van der Waals surface area contributed by atoms with E-state index in [1.807, 2.05) is 38.4 Å². The molecule has 0 radical (unpaired) electrons. The third kappa shape index (κ3) is 5.20. The van der Waals surface area contributed by atoms with E-state index in [2.05, 4.69) is 14.8 Å². The van der Waals surface area contributed by atoms with Gasteiger partial charge in [0, 0.05) is 25.2 Å². The fraction of sp³-hybridized carbons (Fsp3) is 0.562.